The largest absolute Gasteiger partial charge is 0.346 e. The van der Waals surface area contributed by atoms with Crippen molar-refractivity contribution in [2.24, 2.45) is 0 Å². The molecule has 1 N–H and O–H groups in total. The predicted octanol–water partition coefficient (Wildman–Crippen LogP) is 3.26. The summed E-state index contributed by atoms with van der Waals surface area (Å²) in [6, 6.07) is 13.2. The van der Waals surface area contributed by atoms with Crippen LogP contribution in [-0.4, -0.2) is 41.6 Å². The highest BCUT2D eigenvalue weighted by atomic mass is 32.2. The van der Waals surface area contributed by atoms with Gasteiger partial charge in [-0.05, 0) is 49.1 Å². The van der Waals surface area contributed by atoms with Crippen molar-refractivity contribution in [3.8, 4) is 0 Å². The molecule has 3 heterocycles. The van der Waals surface area contributed by atoms with Gasteiger partial charge in [-0.25, -0.2) is 4.79 Å². The second-order valence-corrected chi connectivity index (χ2v) is 8.70. The van der Waals surface area contributed by atoms with E-state index in [-0.39, 0.29) is 24.1 Å². The minimum atomic E-state index is -0.245. The van der Waals surface area contributed by atoms with Crippen LogP contribution in [-0.2, 0) is 17.9 Å². The Morgan fingerprint density at radius 1 is 1.06 bits per heavy atom. The molecule has 1 atom stereocenters. The van der Waals surface area contributed by atoms with E-state index in [0.29, 0.717) is 13.1 Å². The van der Waals surface area contributed by atoms with Crippen molar-refractivity contribution < 1.29 is 4.79 Å². The first-order valence-electron chi connectivity index (χ1n) is 10.9. The van der Waals surface area contributed by atoms with Crippen molar-refractivity contribution in [1.29, 1.82) is 0 Å². The first-order valence-corrected chi connectivity index (χ1v) is 12.3. The summed E-state index contributed by atoms with van der Waals surface area (Å²) < 4.78 is 5.40. The Morgan fingerprint density at radius 3 is 2.50 bits per heavy atom. The van der Waals surface area contributed by atoms with E-state index in [0.717, 1.165) is 41.1 Å². The number of para-hydroxylation sites is 2. The number of pyridine rings is 1. The number of thioether (sulfide) groups is 1. The van der Waals surface area contributed by atoms with Crippen molar-refractivity contribution in [2.45, 2.75) is 45.3 Å². The molecule has 1 amide bonds. The Kier molecular flexibility index (Phi) is 6.94. The summed E-state index contributed by atoms with van der Waals surface area (Å²) in [5, 5.41) is 11.7. The zero-order valence-electron chi connectivity index (χ0n) is 18.4. The highest BCUT2D eigenvalue weighted by molar-refractivity contribution is 7.98. The third-order valence-electron chi connectivity index (χ3n) is 5.53. The van der Waals surface area contributed by atoms with E-state index >= 15 is 0 Å². The van der Waals surface area contributed by atoms with E-state index in [1.165, 1.54) is 0 Å². The van der Waals surface area contributed by atoms with E-state index in [2.05, 4.69) is 22.4 Å². The predicted molar refractivity (Wildman–Crippen MR) is 128 cm³/mol. The van der Waals surface area contributed by atoms with Crippen molar-refractivity contribution in [3.05, 3.63) is 65.0 Å². The van der Waals surface area contributed by atoms with Crippen LogP contribution in [0.3, 0.4) is 0 Å². The SMILES string of the molecule is CCCn1c(=O)n(CCC(=O)NC(CCSC)c2nnc3ccccn23)c2ccccc21. The summed E-state index contributed by atoms with van der Waals surface area (Å²) in [6.45, 7) is 3.04. The fraction of sp³-hybridized carbons (Fsp3) is 0.391. The summed E-state index contributed by atoms with van der Waals surface area (Å²) in [4.78, 5) is 25.9. The van der Waals surface area contributed by atoms with Gasteiger partial charge in [-0.1, -0.05) is 25.1 Å². The number of nitrogens with zero attached hydrogens (tertiary/aromatic N) is 5. The van der Waals surface area contributed by atoms with Crippen LogP contribution in [0.2, 0.25) is 0 Å². The quantitative estimate of drug-likeness (QED) is 0.399. The number of hydrogen-bond acceptors (Lipinski definition) is 5. The van der Waals surface area contributed by atoms with E-state index in [1.807, 2.05) is 59.3 Å². The standard InChI is InChI=1S/C23H28N6O2S/c1-3-13-27-18-8-4-5-9-19(18)28(23(27)31)15-11-21(30)24-17(12-16-32-2)22-26-25-20-10-6-7-14-29(20)22/h4-10,14,17H,3,11-13,15-16H2,1-2H3,(H,24,30). The second kappa shape index (κ2) is 10.0. The third kappa shape index (κ3) is 4.43. The minimum Gasteiger partial charge on any atom is -0.346 e. The van der Waals surface area contributed by atoms with Gasteiger partial charge in [0.1, 0.15) is 0 Å². The second-order valence-electron chi connectivity index (χ2n) is 7.71. The number of hydrogen-bond donors (Lipinski definition) is 1. The molecule has 0 saturated carbocycles. The molecule has 4 aromatic rings. The summed E-state index contributed by atoms with van der Waals surface area (Å²) in [5.41, 5.74) is 2.46. The number of nitrogens with one attached hydrogen (secondary N) is 1. The average Bonchev–Trinajstić information content (AvgIpc) is 3.35. The van der Waals surface area contributed by atoms with E-state index in [1.54, 1.807) is 20.9 Å². The molecule has 9 heteroatoms. The fourth-order valence-electron chi connectivity index (χ4n) is 4.01. The first-order chi connectivity index (χ1) is 15.6. The monoisotopic (exact) mass is 452 g/mol. The van der Waals surface area contributed by atoms with Crippen LogP contribution >= 0.6 is 11.8 Å². The van der Waals surface area contributed by atoms with Crippen molar-refractivity contribution >= 4 is 34.3 Å². The van der Waals surface area contributed by atoms with Crippen LogP contribution in [0.1, 0.15) is 38.1 Å². The topological polar surface area (TPSA) is 86.2 Å². The van der Waals surface area contributed by atoms with Gasteiger partial charge in [0.25, 0.3) is 0 Å². The number of carbonyl (C=O) groups excluding carboxylic acids is 1. The van der Waals surface area contributed by atoms with Crippen LogP contribution in [0.15, 0.2) is 53.5 Å². The minimum absolute atomic E-state index is 0.0665. The molecule has 0 fully saturated rings. The maximum atomic E-state index is 13.0. The Balaban J connectivity index is 1.52. The van der Waals surface area contributed by atoms with Gasteiger partial charge in [-0.2, -0.15) is 11.8 Å². The van der Waals surface area contributed by atoms with Gasteiger partial charge >= 0.3 is 5.69 Å². The van der Waals surface area contributed by atoms with Gasteiger partial charge in [-0.15, -0.1) is 10.2 Å². The molecule has 1 unspecified atom stereocenters. The van der Waals surface area contributed by atoms with E-state index in [9.17, 15) is 9.59 Å². The van der Waals surface area contributed by atoms with Crippen LogP contribution < -0.4 is 11.0 Å². The summed E-state index contributed by atoms with van der Waals surface area (Å²) in [5.74, 6) is 1.50. The third-order valence-corrected chi connectivity index (χ3v) is 6.18. The molecule has 0 spiro atoms. The van der Waals surface area contributed by atoms with Crippen molar-refractivity contribution in [3.63, 3.8) is 0 Å². The number of benzene rings is 1. The maximum absolute atomic E-state index is 13.0. The molecule has 0 bridgehead atoms. The molecule has 0 aliphatic carbocycles. The summed E-state index contributed by atoms with van der Waals surface area (Å²) in [6.07, 6.45) is 5.78. The molecule has 0 saturated heterocycles. The van der Waals surface area contributed by atoms with E-state index < -0.39 is 0 Å². The molecular formula is C23H28N6O2S. The normalized spacial score (nSPS) is 12.4. The number of fused-ring (bicyclic) bond motifs is 2. The molecule has 8 nitrogen and oxygen atoms in total. The Hall–Kier alpha value is -3.07. The zero-order chi connectivity index (χ0) is 22.5. The van der Waals surface area contributed by atoms with Crippen LogP contribution in [0.4, 0.5) is 0 Å². The van der Waals surface area contributed by atoms with Gasteiger partial charge < -0.3 is 5.32 Å². The molecule has 4 rings (SSSR count). The maximum Gasteiger partial charge on any atom is 0.329 e. The van der Waals surface area contributed by atoms with Crippen LogP contribution in [0.25, 0.3) is 16.7 Å². The highest BCUT2D eigenvalue weighted by Gasteiger charge is 2.21. The number of aryl methyl sites for hydroxylation is 2. The molecule has 0 aliphatic rings. The average molecular weight is 453 g/mol. The van der Waals surface area contributed by atoms with Crippen molar-refractivity contribution in [2.75, 3.05) is 12.0 Å². The number of amides is 1. The Labute approximate surface area is 190 Å². The lowest BCUT2D eigenvalue weighted by atomic mass is 10.2. The lowest BCUT2D eigenvalue weighted by molar-refractivity contribution is -0.122. The number of imidazole rings is 1. The summed E-state index contributed by atoms with van der Waals surface area (Å²) in [7, 11) is 0. The molecule has 3 aromatic heterocycles. The molecule has 1 aromatic carbocycles. The smallest absolute Gasteiger partial charge is 0.329 e. The summed E-state index contributed by atoms with van der Waals surface area (Å²) >= 11 is 1.72. The van der Waals surface area contributed by atoms with Crippen LogP contribution in [0, 0.1) is 0 Å². The molecule has 0 radical (unpaired) electrons. The van der Waals surface area contributed by atoms with Gasteiger partial charge in [0.2, 0.25) is 5.91 Å². The first kappa shape index (κ1) is 22.1. The number of aromatic nitrogens is 5. The fourth-order valence-corrected chi connectivity index (χ4v) is 4.48. The van der Waals surface area contributed by atoms with E-state index in [4.69, 9.17) is 0 Å². The van der Waals surface area contributed by atoms with Gasteiger partial charge in [0.05, 0.1) is 17.1 Å². The van der Waals surface area contributed by atoms with Gasteiger partial charge in [-0.3, -0.25) is 18.3 Å². The van der Waals surface area contributed by atoms with Gasteiger partial charge in [0.15, 0.2) is 11.5 Å². The molecule has 0 aliphatic heterocycles. The Bertz CT molecular complexity index is 1270. The molecule has 168 valence electrons. The van der Waals surface area contributed by atoms with Gasteiger partial charge in [0, 0.05) is 25.7 Å². The number of carbonyl (C=O) groups is 1. The molecule has 32 heavy (non-hydrogen) atoms. The number of rotatable bonds is 10. The lowest BCUT2D eigenvalue weighted by Crippen LogP contribution is -2.32. The van der Waals surface area contributed by atoms with Crippen molar-refractivity contribution in [1.82, 2.24) is 29.0 Å². The molecular weight excluding hydrogens is 424 g/mol. The van der Waals surface area contributed by atoms with Crippen LogP contribution in [0.5, 0.6) is 0 Å². The Morgan fingerprint density at radius 2 is 1.78 bits per heavy atom. The highest BCUT2D eigenvalue weighted by Crippen LogP contribution is 2.19. The lowest BCUT2D eigenvalue weighted by Gasteiger charge is -2.17. The zero-order valence-corrected chi connectivity index (χ0v) is 19.2.